The van der Waals surface area contributed by atoms with Crippen LogP contribution in [0.1, 0.15) is 40.0 Å². The van der Waals surface area contributed by atoms with Gasteiger partial charge in [-0.15, -0.1) is 0 Å². The van der Waals surface area contributed by atoms with Gasteiger partial charge in [-0.25, -0.2) is 0 Å². The van der Waals surface area contributed by atoms with E-state index in [1.807, 2.05) is 13.8 Å². The van der Waals surface area contributed by atoms with Gasteiger partial charge in [-0.2, -0.15) is 0 Å². The van der Waals surface area contributed by atoms with Crippen molar-refractivity contribution in [3.63, 3.8) is 0 Å². The van der Waals surface area contributed by atoms with E-state index in [1.165, 1.54) is 0 Å². The molecule has 0 N–H and O–H groups in total. The van der Waals surface area contributed by atoms with Crippen LogP contribution in [0, 0.1) is 11.3 Å². The maximum atomic E-state index is 11.9. The van der Waals surface area contributed by atoms with E-state index in [0.717, 1.165) is 12.8 Å². The van der Waals surface area contributed by atoms with Crippen molar-refractivity contribution in [2.45, 2.75) is 40.0 Å². The predicted molar refractivity (Wildman–Crippen MR) is 52.8 cm³/mol. The molecular weight excluding hydrogens is 180 g/mol. The van der Waals surface area contributed by atoms with Gasteiger partial charge in [0.2, 0.25) is 0 Å². The first-order chi connectivity index (χ1) is 6.55. The van der Waals surface area contributed by atoms with Crippen LogP contribution in [0.25, 0.3) is 0 Å². The third kappa shape index (κ3) is 2.14. The highest BCUT2D eigenvalue weighted by atomic mass is 16.5. The van der Waals surface area contributed by atoms with Crippen molar-refractivity contribution in [1.29, 1.82) is 0 Å². The first-order valence-electron chi connectivity index (χ1n) is 5.26. The monoisotopic (exact) mass is 198 g/mol. The average Bonchev–Trinajstić information content (AvgIpc) is 2.86. The van der Waals surface area contributed by atoms with Crippen molar-refractivity contribution in [3.8, 4) is 0 Å². The lowest BCUT2D eigenvalue weighted by atomic mass is 9.90. The van der Waals surface area contributed by atoms with E-state index < -0.39 is 5.92 Å². The number of ketones is 1. The van der Waals surface area contributed by atoms with Crippen molar-refractivity contribution >= 4 is 11.8 Å². The Morgan fingerprint density at radius 2 is 1.93 bits per heavy atom. The molecule has 1 unspecified atom stereocenters. The molecule has 3 nitrogen and oxygen atoms in total. The number of rotatable bonds is 5. The second kappa shape index (κ2) is 4.11. The summed E-state index contributed by atoms with van der Waals surface area (Å²) >= 11 is 0. The molecule has 0 aromatic heterocycles. The number of Topliss-reactive ketones (excluding diaryl/α,β-unsaturated/α-hetero) is 1. The Labute approximate surface area is 84.8 Å². The van der Waals surface area contributed by atoms with Crippen LogP contribution in [0.2, 0.25) is 0 Å². The lowest BCUT2D eigenvalue weighted by Gasteiger charge is -2.16. The van der Waals surface area contributed by atoms with Gasteiger partial charge in [-0.05, 0) is 26.2 Å². The van der Waals surface area contributed by atoms with Crippen LogP contribution in [-0.4, -0.2) is 18.4 Å². The van der Waals surface area contributed by atoms with Gasteiger partial charge in [0.25, 0.3) is 0 Å². The number of hydrogen-bond donors (Lipinski definition) is 0. The Balaban J connectivity index is 2.61. The normalized spacial score (nSPS) is 19.9. The van der Waals surface area contributed by atoms with Gasteiger partial charge in [0.15, 0.2) is 5.78 Å². The molecule has 0 saturated heterocycles. The first-order valence-corrected chi connectivity index (χ1v) is 5.26. The highest BCUT2D eigenvalue weighted by molar-refractivity contribution is 6.02. The third-order valence-corrected chi connectivity index (χ3v) is 2.89. The molecular formula is C11H18O3. The van der Waals surface area contributed by atoms with Gasteiger partial charge in [0.1, 0.15) is 5.92 Å². The largest absolute Gasteiger partial charge is 0.465 e. The minimum absolute atomic E-state index is 0.0680. The third-order valence-electron chi connectivity index (χ3n) is 2.89. The number of carbonyl (C=O) groups is 2. The van der Waals surface area contributed by atoms with Crippen LogP contribution in [0.15, 0.2) is 0 Å². The molecule has 3 heteroatoms. The molecule has 0 bridgehead atoms. The van der Waals surface area contributed by atoms with Crippen LogP contribution >= 0.6 is 0 Å². The summed E-state index contributed by atoms with van der Waals surface area (Å²) in [5, 5.41) is 0. The molecule has 14 heavy (non-hydrogen) atoms. The molecule has 0 aromatic carbocycles. The Kier molecular flexibility index (Phi) is 3.29. The van der Waals surface area contributed by atoms with Gasteiger partial charge < -0.3 is 4.74 Å². The SMILES string of the molecule is CCOC(=O)C(CC)C(=O)C1(C)CC1. The summed E-state index contributed by atoms with van der Waals surface area (Å²) in [5.41, 5.74) is -0.229. The van der Waals surface area contributed by atoms with Crippen molar-refractivity contribution in [2.75, 3.05) is 6.61 Å². The van der Waals surface area contributed by atoms with Gasteiger partial charge >= 0.3 is 5.97 Å². The van der Waals surface area contributed by atoms with E-state index in [-0.39, 0.29) is 17.2 Å². The first kappa shape index (κ1) is 11.2. The zero-order valence-electron chi connectivity index (χ0n) is 9.13. The zero-order valence-corrected chi connectivity index (χ0v) is 9.13. The fourth-order valence-electron chi connectivity index (χ4n) is 1.56. The van der Waals surface area contributed by atoms with Crippen molar-refractivity contribution in [2.24, 2.45) is 11.3 Å². The van der Waals surface area contributed by atoms with Crippen LogP contribution in [0.4, 0.5) is 0 Å². The molecule has 1 aliphatic rings. The molecule has 80 valence electrons. The summed E-state index contributed by atoms with van der Waals surface area (Å²) in [6.45, 7) is 5.88. The Bertz CT molecular complexity index is 241. The lowest BCUT2D eigenvalue weighted by molar-refractivity contribution is -0.153. The molecule has 0 spiro atoms. The molecule has 1 fully saturated rings. The molecule has 0 heterocycles. The fourth-order valence-corrected chi connectivity index (χ4v) is 1.56. The van der Waals surface area contributed by atoms with Gasteiger partial charge in [0, 0.05) is 5.41 Å². The van der Waals surface area contributed by atoms with Crippen LogP contribution < -0.4 is 0 Å². The quantitative estimate of drug-likeness (QED) is 0.501. The second-order valence-electron chi connectivity index (χ2n) is 4.14. The summed E-state index contributed by atoms with van der Waals surface area (Å²) in [5.74, 6) is -0.825. The van der Waals surface area contributed by atoms with Crippen molar-refractivity contribution in [1.82, 2.24) is 0 Å². The minimum atomic E-state index is -0.539. The lowest BCUT2D eigenvalue weighted by Crippen LogP contribution is -2.30. The van der Waals surface area contributed by atoms with E-state index in [2.05, 4.69) is 0 Å². The smallest absolute Gasteiger partial charge is 0.316 e. The van der Waals surface area contributed by atoms with Crippen LogP contribution in [0.5, 0.6) is 0 Å². The van der Waals surface area contributed by atoms with E-state index in [1.54, 1.807) is 6.92 Å². The standard InChI is InChI=1S/C11H18O3/c1-4-8(10(13)14-5-2)9(12)11(3)6-7-11/h8H,4-7H2,1-3H3. The molecule has 1 rings (SSSR count). The maximum Gasteiger partial charge on any atom is 0.316 e. The number of esters is 1. The number of ether oxygens (including phenoxy) is 1. The minimum Gasteiger partial charge on any atom is -0.465 e. The average molecular weight is 198 g/mol. The molecule has 1 saturated carbocycles. The predicted octanol–water partition coefficient (Wildman–Crippen LogP) is 1.94. The van der Waals surface area contributed by atoms with Crippen LogP contribution in [0.3, 0.4) is 0 Å². The summed E-state index contributed by atoms with van der Waals surface area (Å²) in [6, 6.07) is 0. The highest BCUT2D eigenvalue weighted by Crippen LogP contribution is 2.47. The van der Waals surface area contributed by atoms with Crippen molar-refractivity contribution < 1.29 is 14.3 Å². The molecule has 0 amide bonds. The topological polar surface area (TPSA) is 43.4 Å². The Morgan fingerprint density at radius 1 is 1.36 bits per heavy atom. The molecule has 0 aliphatic heterocycles. The summed E-state index contributed by atoms with van der Waals surface area (Å²) in [7, 11) is 0. The van der Waals surface area contributed by atoms with Gasteiger partial charge in [-0.1, -0.05) is 13.8 Å². The molecule has 1 atom stereocenters. The molecule has 0 aromatic rings. The summed E-state index contributed by atoms with van der Waals surface area (Å²) in [6.07, 6.45) is 2.39. The van der Waals surface area contributed by atoms with Crippen LogP contribution in [-0.2, 0) is 14.3 Å². The van der Waals surface area contributed by atoms with E-state index in [0.29, 0.717) is 13.0 Å². The molecule has 1 aliphatic carbocycles. The number of carbonyl (C=O) groups excluding carboxylic acids is 2. The highest BCUT2D eigenvalue weighted by Gasteiger charge is 2.48. The zero-order chi connectivity index (χ0) is 10.8. The van der Waals surface area contributed by atoms with Gasteiger partial charge in [0.05, 0.1) is 6.61 Å². The summed E-state index contributed by atoms with van der Waals surface area (Å²) < 4.78 is 4.88. The van der Waals surface area contributed by atoms with E-state index in [9.17, 15) is 9.59 Å². The maximum absolute atomic E-state index is 11.9. The Hall–Kier alpha value is -0.860. The molecule has 0 radical (unpaired) electrons. The van der Waals surface area contributed by atoms with Crippen molar-refractivity contribution in [3.05, 3.63) is 0 Å². The van der Waals surface area contributed by atoms with E-state index in [4.69, 9.17) is 4.74 Å². The van der Waals surface area contributed by atoms with Gasteiger partial charge in [-0.3, -0.25) is 9.59 Å². The van der Waals surface area contributed by atoms with E-state index >= 15 is 0 Å². The summed E-state index contributed by atoms with van der Waals surface area (Å²) in [4.78, 5) is 23.3. The second-order valence-corrected chi connectivity index (χ2v) is 4.14. The number of hydrogen-bond acceptors (Lipinski definition) is 3. The fraction of sp³-hybridized carbons (Fsp3) is 0.818. The Morgan fingerprint density at radius 3 is 2.29 bits per heavy atom.